The van der Waals surface area contributed by atoms with Gasteiger partial charge in [-0.05, 0) is 17.1 Å². The van der Waals surface area contributed by atoms with Crippen LogP contribution in [-0.2, 0) is 11.1 Å². The summed E-state index contributed by atoms with van der Waals surface area (Å²) in [4.78, 5) is -0.785. The van der Waals surface area contributed by atoms with E-state index in [9.17, 15) is 17.5 Å². The van der Waals surface area contributed by atoms with Gasteiger partial charge in [0.05, 0.1) is 4.90 Å². The number of aromatic hydroxyl groups is 1. The fourth-order valence-corrected chi connectivity index (χ4v) is 1.13. The Labute approximate surface area is 97.3 Å². The molecule has 13 heavy (non-hydrogen) atoms. The summed E-state index contributed by atoms with van der Waals surface area (Å²) >= 11 is -2.84. The molecule has 0 amide bonds. The fraction of sp³-hybridized carbons (Fsp3) is 0. The number of phenolic OH excluding ortho intramolecular Hbond substituents is 1. The summed E-state index contributed by atoms with van der Waals surface area (Å²) in [5, 5.41) is 8.76. The molecule has 1 aromatic carbocycles. The molecule has 0 aliphatic carbocycles. The molecule has 0 saturated carbocycles. The number of hydrogen-bond acceptors (Lipinski definition) is 3. The Hall–Kier alpha value is -0.0100. The van der Waals surface area contributed by atoms with Gasteiger partial charge < -0.3 is 9.66 Å². The second-order valence-corrected chi connectivity index (χ2v) is 2.88. The second kappa shape index (κ2) is 5.02. The van der Waals surface area contributed by atoms with Crippen molar-refractivity contribution < 1.29 is 52.2 Å². The van der Waals surface area contributed by atoms with E-state index in [0.717, 1.165) is 0 Å². The molecular weight excluding hydrogens is 213 g/mol. The third kappa shape index (κ3) is 2.99. The first kappa shape index (κ1) is 13.0. The summed E-state index contributed by atoms with van der Waals surface area (Å²) in [5.41, 5.74) is 0. The SMILES string of the molecule is O=S([O-])c1cc(F)cc(F)c1O.[Na+]. The van der Waals surface area contributed by atoms with E-state index in [4.69, 9.17) is 5.11 Å². The van der Waals surface area contributed by atoms with Crippen LogP contribution in [0.2, 0.25) is 0 Å². The molecule has 0 radical (unpaired) electrons. The number of halogens is 2. The van der Waals surface area contributed by atoms with Crippen LogP contribution < -0.4 is 29.6 Å². The third-order valence-electron chi connectivity index (χ3n) is 1.17. The van der Waals surface area contributed by atoms with Crippen molar-refractivity contribution in [1.29, 1.82) is 0 Å². The molecule has 0 bridgehead atoms. The molecule has 1 aromatic rings. The van der Waals surface area contributed by atoms with E-state index in [-0.39, 0.29) is 29.6 Å². The van der Waals surface area contributed by atoms with Gasteiger partial charge in [-0.25, -0.2) is 8.78 Å². The van der Waals surface area contributed by atoms with E-state index in [1.165, 1.54) is 0 Å². The quantitative estimate of drug-likeness (QED) is 0.432. The Balaban J connectivity index is 0.00000144. The predicted octanol–water partition coefficient (Wildman–Crippen LogP) is -2.09. The van der Waals surface area contributed by atoms with Gasteiger partial charge in [0.2, 0.25) is 0 Å². The smallest absolute Gasteiger partial charge is 0.768 e. The Morgan fingerprint density at radius 2 is 1.92 bits per heavy atom. The van der Waals surface area contributed by atoms with Crippen molar-refractivity contribution >= 4 is 11.1 Å². The van der Waals surface area contributed by atoms with Crippen LogP contribution in [-0.4, -0.2) is 13.9 Å². The molecule has 1 unspecified atom stereocenters. The Bertz CT molecular complexity index is 345. The minimum atomic E-state index is -2.84. The van der Waals surface area contributed by atoms with E-state index < -0.39 is 33.4 Å². The van der Waals surface area contributed by atoms with Crippen LogP contribution in [0.3, 0.4) is 0 Å². The van der Waals surface area contributed by atoms with Crippen LogP contribution in [0.1, 0.15) is 0 Å². The summed E-state index contributed by atoms with van der Waals surface area (Å²) in [6.45, 7) is 0. The first-order chi connectivity index (χ1) is 5.52. The van der Waals surface area contributed by atoms with Gasteiger partial charge in [-0.3, -0.25) is 4.21 Å². The predicted molar refractivity (Wildman–Crippen MR) is 35.2 cm³/mol. The largest absolute Gasteiger partial charge is 1.00 e. The molecule has 0 aromatic heterocycles. The molecule has 0 aliphatic heterocycles. The van der Waals surface area contributed by atoms with Gasteiger partial charge >= 0.3 is 29.6 Å². The normalized spacial score (nSPS) is 11.9. The minimum Gasteiger partial charge on any atom is -0.768 e. The molecule has 0 saturated heterocycles. The average Bonchev–Trinajstić information content (AvgIpc) is 1.96. The standard InChI is InChI=1S/C6H4F2O3S.Na/c7-3-1-4(8)6(9)5(2-3)12(10)11;/h1-2,9H,(H,10,11);/q;+1/p-1. The van der Waals surface area contributed by atoms with Gasteiger partial charge in [0.15, 0.2) is 11.6 Å². The third-order valence-corrected chi connectivity index (χ3v) is 1.84. The molecule has 1 atom stereocenters. The van der Waals surface area contributed by atoms with Gasteiger partial charge in [0.25, 0.3) is 0 Å². The van der Waals surface area contributed by atoms with Gasteiger partial charge in [-0.1, -0.05) is 0 Å². The van der Waals surface area contributed by atoms with Crippen LogP contribution >= 0.6 is 0 Å². The number of hydrogen-bond donors (Lipinski definition) is 1. The number of rotatable bonds is 1. The molecule has 0 spiro atoms. The van der Waals surface area contributed by atoms with Crippen molar-refractivity contribution in [3.05, 3.63) is 23.8 Å². The number of phenols is 1. The van der Waals surface area contributed by atoms with Gasteiger partial charge in [-0.15, -0.1) is 0 Å². The van der Waals surface area contributed by atoms with Gasteiger partial charge in [-0.2, -0.15) is 0 Å². The van der Waals surface area contributed by atoms with Crippen molar-refractivity contribution in [2.75, 3.05) is 0 Å². The van der Waals surface area contributed by atoms with Crippen molar-refractivity contribution in [2.45, 2.75) is 4.90 Å². The topological polar surface area (TPSA) is 60.4 Å². The first-order valence-corrected chi connectivity index (χ1v) is 3.87. The Morgan fingerprint density at radius 3 is 2.38 bits per heavy atom. The second-order valence-electron chi connectivity index (χ2n) is 1.97. The Kier molecular flexibility index (Phi) is 5.01. The molecular formula is C6H3F2NaO3S. The van der Waals surface area contributed by atoms with Crippen LogP contribution in [0.15, 0.2) is 17.0 Å². The summed E-state index contributed by atoms with van der Waals surface area (Å²) in [6.07, 6.45) is 0. The zero-order valence-corrected chi connectivity index (χ0v) is 9.40. The molecule has 3 nitrogen and oxygen atoms in total. The molecule has 0 heterocycles. The van der Waals surface area contributed by atoms with Crippen LogP contribution in [0.25, 0.3) is 0 Å². The average molecular weight is 216 g/mol. The molecule has 1 rings (SSSR count). The molecule has 0 aliphatic rings. The van der Waals surface area contributed by atoms with Crippen LogP contribution in [0.4, 0.5) is 8.78 Å². The van der Waals surface area contributed by atoms with Gasteiger partial charge in [0, 0.05) is 6.07 Å². The van der Waals surface area contributed by atoms with Crippen molar-refractivity contribution in [2.24, 2.45) is 0 Å². The van der Waals surface area contributed by atoms with Crippen molar-refractivity contribution in [1.82, 2.24) is 0 Å². The van der Waals surface area contributed by atoms with Crippen LogP contribution in [0.5, 0.6) is 5.75 Å². The van der Waals surface area contributed by atoms with Crippen molar-refractivity contribution in [3.8, 4) is 5.75 Å². The van der Waals surface area contributed by atoms with E-state index in [1.807, 2.05) is 0 Å². The summed E-state index contributed by atoms with van der Waals surface area (Å²) in [5.74, 6) is -3.41. The number of benzene rings is 1. The van der Waals surface area contributed by atoms with Crippen LogP contribution in [0, 0.1) is 11.6 Å². The zero-order chi connectivity index (χ0) is 9.30. The molecule has 0 fully saturated rings. The minimum absolute atomic E-state index is 0. The fourth-order valence-electron chi connectivity index (χ4n) is 0.669. The maximum absolute atomic E-state index is 12.4. The zero-order valence-electron chi connectivity index (χ0n) is 6.58. The summed E-state index contributed by atoms with van der Waals surface area (Å²) in [7, 11) is 0. The van der Waals surface area contributed by atoms with E-state index in [1.54, 1.807) is 0 Å². The van der Waals surface area contributed by atoms with Crippen molar-refractivity contribution in [3.63, 3.8) is 0 Å². The maximum Gasteiger partial charge on any atom is 1.00 e. The monoisotopic (exact) mass is 216 g/mol. The summed E-state index contributed by atoms with van der Waals surface area (Å²) < 4.78 is 45.2. The maximum atomic E-state index is 12.4. The Morgan fingerprint density at radius 1 is 1.38 bits per heavy atom. The molecule has 66 valence electrons. The molecule has 7 heteroatoms. The molecule has 1 N–H and O–H groups in total. The van der Waals surface area contributed by atoms with E-state index in [2.05, 4.69) is 0 Å². The first-order valence-electron chi connectivity index (χ1n) is 2.79. The summed E-state index contributed by atoms with van der Waals surface area (Å²) in [6, 6.07) is 0.924. The van der Waals surface area contributed by atoms with E-state index >= 15 is 0 Å². The van der Waals surface area contributed by atoms with Gasteiger partial charge in [0.1, 0.15) is 5.82 Å². The van der Waals surface area contributed by atoms with E-state index in [0.29, 0.717) is 12.1 Å².